The highest BCUT2D eigenvalue weighted by Gasteiger charge is 2.14. The second-order valence-corrected chi connectivity index (χ2v) is 5.94. The maximum Gasteiger partial charge on any atom is 0.242 e. The predicted octanol–water partition coefficient (Wildman–Crippen LogP) is 4.11. The zero-order chi connectivity index (χ0) is 14.1. The Bertz CT molecular complexity index is 770. The van der Waals surface area contributed by atoms with Crippen molar-refractivity contribution >= 4 is 37.5 Å². The molecule has 102 valence electrons. The molecule has 0 spiro atoms. The van der Waals surface area contributed by atoms with Gasteiger partial charge in [0, 0.05) is 17.2 Å². The van der Waals surface area contributed by atoms with Crippen molar-refractivity contribution < 1.29 is 4.74 Å². The molecule has 0 fully saturated rings. The van der Waals surface area contributed by atoms with Gasteiger partial charge in [-0.3, -0.25) is 4.40 Å². The van der Waals surface area contributed by atoms with Crippen molar-refractivity contribution in [3.05, 3.63) is 57.2 Å². The largest absolute Gasteiger partial charge is 0.436 e. The molecule has 1 aromatic carbocycles. The van der Waals surface area contributed by atoms with Crippen LogP contribution in [-0.2, 0) is 6.54 Å². The Morgan fingerprint density at radius 2 is 2.05 bits per heavy atom. The van der Waals surface area contributed by atoms with Gasteiger partial charge in [-0.25, -0.2) is 0 Å². The predicted molar refractivity (Wildman–Crippen MR) is 85.0 cm³/mol. The number of aromatic nitrogens is 2. The summed E-state index contributed by atoms with van der Waals surface area (Å²) in [5.74, 6) is 1.23. The van der Waals surface area contributed by atoms with Gasteiger partial charge in [0.1, 0.15) is 17.1 Å². The van der Waals surface area contributed by atoms with Gasteiger partial charge >= 0.3 is 0 Å². The van der Waals surface area contributed by atoms with Crippen LogP contribution in [0.1, 0.15) is 5.69 Å². The number of rotatable bonds is 3. The van der Waals surface area contributed by atoms with Gasteiger partial charge in [-0.2, -0.15) is 4.98 Å². The molecule has 2 heterocycles. The van der Waals surface area contributed by atoms with E-state index in [4.69, 9.17) is 10.5 Å². The van der Waals surface area contributed by atoms with Gasteiger partial charge in [-0.1, -0.05) is 22.0 Å². The molecule has 0 saturated heterocycles. The third-order valence-electron chi connectivity index (χ3n) is 2.89. The summed E-state index contributed by atoms with van der Waals surface area (Å²) < 4.78 is 9.66. The average molecular weight is 397 g/mol. The van der Waals surface area contributed by atoms with E-state index in [1.807, 2.05) is 47.0 Å². The second kappa shape index (κ2) is 5.55. The molecule has 2 aromatic heterocycles. The van der Waals surface area contributed by atoms with Gasteiger partial charge in [0.15, 0.2) is 0 Å². The van der Waals surface area contributed by atoms with Crippen LogP contribution < -0.4 is 10.5 Å². The normalized spacial score (nSPS) is 10.9. The highest BCUT2D eigenvalue weighted by molar-refractivity contribution is 9.11. The molecular weight excluding hydrogens is 386 g/mol. The minimum absolute atomic E-state index is 0.356. The molecule has 0 aliphatic rings. The van der Waals surface area contributed by atoms with Crippen molar-refractivity contribution in [2.24, 2.45) is 5.73 Å². The molecule has 6 heteroatoms. The number of ether oxygens (including phenoxy) is 1. The number of halogens is 2. The van der Waals surface area contributed by atoms with E-state index in [-0.39, 0.29) is 0 Å². The van der Waals surface area contributed by atoms with Crippen LogP contribution in [0.25, 0.3) is 5.65 Å². The number of benzene rings is 1. The van der Waals surface area contributed by atoms with E-state index in [2.05, 4.69) is 36.8 Å². The van der Waals surface area contributed by atoms with E-state index in [1.54, 1.807) is 0 Å². The fourth-order valence-corrected chi connectivity index (χ4v) is 3.08. The lowest BCUT2D eigenvalue weighted by atomic mass is 10.3. The summed E-state index contributed by atoms with van der Waals surface area (Å²) in [5, 5.41) is 0. The van der Waals surface area contributed by atoms with Crippen molar-refractivity contribution in [3.63, 3.8) is 0 Å². The maximum absolute atomic E-state index is 5.89. The molecule has 0 radical (unpaired) electrons. The molecule has 20 heavy (non-hydrogen) atoms. The summed E-state index contributed by atoms with van der Waals surface area (Å²) in [6.07, 6.45) is 1.92. The van der Waals surface area contributed by atoms with E-state index >= 15 is 0 Å². The van der Waals surface area contributed by atoms with Crippen LogP contribution in [0.2, 0.25) is 0 Å². The quantitative estimate of drug-likeness (QED) is 0.724. The van der Waals surface area contributed by atoms with Crippen molar-refractivity contribution in [2.45, 2.75) is 6.54 Å². The Kier molecular flexibility index (Phi) is 3.78. The first-order valence-electron chi connectivity index (χ1n) is 5.98. The number of nitrogens with two attached hydrogens (primary N) is 1. The molecule has 0 atom stereocenters. The zero-order valence-electron chi connectivity index (χ0n) is 10.4. The Balaban J connectivity index is 2.06. The maximum atomic E-state index is 5.89. The van der Waals surface area contributed by atoms with Gasteiger partial charge in [0.2, 0.25) is 5.88 Å². The molecule has 0 saturated carbocycles. The van der Waals surface area contributed by atoms with Crippen molar-refractivity contribution in [2.75, 3.05) is 0 Å². The molecule has 4 nitrogen and oxygen atoms in total. The number of hydrogen-bond acceptors (Lipinski definition) is 3. The number of pyridine rings is 1. The molecular formula is C14H11Br2N3O. The number of fused-ring (bicyclic) bond motifs is 1. The summed E-state index contributed by atoms with van der Waals surface area (Å²) in [4.78, 5) is 4.47. The highest BCUT2D eigenvalue weighted by Crippen LogP contribution is 2.33. The number of nitrogens with zero attached hydrogens (tertiary/aromatic N) is 2. The monoisotopic (exact) mass is 395 g/mol. The molecule has 0 bridgehead atoms. The van der Waals surface area contributed by atoms with Gasteiger partial charge in [0.05, 0.1) is 4.47 Å². The van der Waals surface area contributed by atoms with E-state index in [9.17, 15) is 0 Å². The molecule has 0 aliphatic carbocycles. The van der Waals surface area contributed by atoms with Crippen LogP contribution in [0, 0.1) is 0 Å². The summed E-state index contributed by atoms with van der Waals surface area (Å²) in [6, 6.07) is 11.5. The fraction of sp³-hybridized carbons (Fsp3) is 0.0714. The second-order valence-electron chi connectivity index (χ2n) is 4.17. The Hall–Kier alpha value is -1.37. The lowest BCUT2D eigenvalue weighted by Gasteiger charge is -2.07. The summed E-state index contributed by atoms with van der Waals surface area (Å²) in [6.45, 7) is 0.356. The van der Waals surface area contributed by atoms with E-state index < -0.39 is 0 Å². The molecule has 2 N–H and O–H groups in total. The fourth-order valence-electron chi connectivity index (χ4n) is 1.95. The molecule has 3 aromatic rings. The van der Waals surface area contributed by atoms with Crippen LogP contribution in [-0.4, -0.2) is 9.38 Å². The molecule has 3 rings (SSSR count). The Morgan fingerprint density at radius 3 is 2.80 bits per heavy atom. The van der Waals surface area contributed by atoms with Crippen LogP contribution in [0.5, 0.6) is 11.6 Å². The van der Waals surface area contributed by atoms with E-state index in [0.29, 0.717) is 18.2 Å². The van der Waals surface area contributed by atoms with Crippen molar-refractivity contribution in [3.8, 4) is 11.6 Å². The topological polar surface area (TPSA) is 52.5 Å². The first-order valence-corrected chi connectivity index (χ1v) is 7.56. The lowest BCUT2D eigenvalue weighted by Crippen LogP contribution is -2.02. The smallest absolute Gasteiger partial charge is 0.242 e. The highest BCUT2D eigenvalue weighted by atomic mass is 79.9. The molecule has 0 amide bonds. The SMILES string of the molecule is NCc1c(Oc2ccc(Br)cc2Br)nc2ccccn12. The van der Waals surface area contributed by atoms with Crippen LogP contribution in [0.3, 0.4) is 0 Å². The van der Waals surface area contributed by atoms with Crippen molar-refractivity contribution in [1.29, 1.82) is 0 Å². The third kappa shape index (κ3) is 2.46. The summed E-state index contributed by atoms with van der Waals surface area (Å²) in [7, 11) is 0. The summed E-state index contributed by atoms with van der Waals surface area (Å²) in [5.41, 5.74) is 7.48. The van der Waals surface area contributed by atoms with Gasteiger partial charge in [-0.15, -0.1) is 0 Å². The standard InChI is InChI=1S/C14H11Br2N3O/c15-9-4-5-12(10(16)7-9)20-14-11(8-17)19-6-2-1-3-13(19)18-14/h1-7H,8,17H2. The van der Waals surface area contributed by atoms with Crippen LogP contribution >= 0.6 is 31.9 Å². The average Bonchev–Trinajstić information content (AvgIpc) is 2.79. The van der Waals surface area contributed by atoms with E-state index in [0.717, 1.165) is 20.3 Å². The molecule has 0 unspecified atom stereocenters. The summed E-state index contributed by atoms with van der Waals surface area (Å²) >= 11 is 6.89. The van der Waals surface area contributed by atoms with Gasteiger partial charge < -0.3 is 10.5 Å². The van der Waals surface area contributed by atoms with Crippen LogP contribution in [0.4, 0.5) is 0 Å². The third-order valence-corrected chi connectivity index (χ3v) is 4.00. The Labute approximate surface area is 132 Å². The first-order chi connectivity index (χ1) is 9.69. The number of imidazole rings is 1. The van der Waals surface area contributed by atoms with Crippen molar-refractivity contribution in [1.82, 2.24) is 9.38 Å². The van der Waals surface area contributed by atoms with Crippen LogP contribution in [0.15, 0.2) is 51.5 Å². The van der Waals surface area contributed by atoms with Gasteiger partial charge in [0.25, 0.3) is 0 Å². The van der Waals surface area contributed by atoms with E-state index in [1.165, 1.54) is 0 Å². The molecule has 0 aliphatic heterocycles. The Morgan fingerprint density at radius 1 is 1.20 bits per heavy atom. The lowest BCUT2D eigenvalue weighted by molar-refractivity contribution is 0.456. The minimum Gasteiger partial charge on any atom is -0.436 e. The minimum atomic E-state index is 0.356. The van der Waals surface area contributed by atoms with Gasteiger partial charge in [-0.05, 0) is 46.3 Å². The number of hydrogen-bond donors (Lipinski definition) is 1. The first kappa shape index (κ1) is 13.6. The zero-order valence-corrected chi connectivity index (χ0v) is 13.6.